The van der Waals surface area contributed by atoms with Crippen molar-refractivity contribution in [2.75, 3.05) is 79.7 Å². The Hall–Kier alpha value is -1.38. The number of piperidine rings is 1. The van der Waals surface area contributed by atoms with Gasteiger partial charge in [0.2, 0.25) is 5.91 Å². The van der Waals surface area contributed by atoms with Crippen molar-refractivity contribution in [3.05, 3.63) is 0 Å². The fourth-order valence-electron chi connectivity index (χ4n) is 3.78. The van der Waals surface area contributed by atoms with Crippen molar-refractivity contribution in [2.24, 2.45) is 4.99 Å². The smallest absolute Gasteiger partial charge is 0.243 e. The van der Waals surface area contributed by atoms with E-state index in [1.54, 1.807) is 19.0 Å². The second-order valence-electron chi connectivity index (χ2n) is 8.35. The van der Waals surface area contributed by atoms with Crippen LogP contribution in [0.1, 0.15) is 39.0 Å². The normalized spacial score (nSPS) is 21.8. The molecule has 0 radical (unpaired) electrons. The minimum absolute atomic E-state index is 0.0153. The number of carbonyl (C=O) groups is 1. The fraction of sp³-hybridized carbons (Fsp3) is 0.905. The number of likely N-dealkylation sites (tertiary alicyclic amines) is 1. The number of nitrogens with one attached hydrogen (secondary N) is 2. The third-order valence-corrected chi connectivity index (χ3v) is 5.77. The highest BCUT2D eigenvalue weighted by molar-refractivity contribution is 5.84. The van der Waals surface area contributed by atoms with E-state index >= 15 is 0 Å². The lowest BCUT2D eigenvalue weighted by molar-refractivity contribution is -0.127. The molecular formula is C21H42N6O2. The van der Waals surface area contributed by atoms with Gasteiger partial charge in [-0.25, -0.2) is 4.99 Å². The molecule has 2 heterocycles. The van der Waals surface area contributed by atoms with Crippen molar-refractivity contribution in [1.82, 2.24) is 25.3 Å². The highest BCUT2D eigenvalue weighted by atomic mass is 16.5. The number of aliphatic imine (C=N–C) groups is 1. The molecule has 1 atom stereocenters. The Morgan fingerprint density at radius 2 is 1.76 bits per heavy atom. The molecule has 0 spiro atoms. The summed E-state index contributed by atoms with van der Waals surface area (Å²) in [4.78, 5) is 23.0. The predicted molar refractivity (Wildman–Crippen MR) is 118 cm³/mol. The zero-order chi connectivity index (χ0) is 20.9. The van der Waals surface area contributed by atoms with E-state index in [1.165, 1.54) is 25.8 Å². The third-order valence-electron chi connectivity index (χ3n) is 5.77. The van der Waals surface area contributed by atoms with Gasteiger partial charge in [-0.2, -0.15) is 0 Å². The molecule has 0 aromatic heterocycles. The lowest BCUT2D eigenvalue weighted by Crippen LogP contribution is -2.43. The summed E-state index contributed by atoms with van der Waals surface area (Å²) in [5.74, 6) is 0.760. The van der Waals surface area contributed by atoms with Crippen molar-refractivity contribution in [3.8, 4) is 0 Å². The number of morpholine rings is 1. The molecule has 8 heteroatoms. The van der Waals surface area contributed by atoms with Crippen LogP contribution in [0, 0.1) is 0 Å². The Morgan fingerprint density at radius 1 is 1.07 bits per heavy atom. The molecule has 2 N–H and O–H groups in total. The van der Waals surface area contributed by atoms with Crippen LogP contribution in [-0.2, 0) is 9.53 Å². The van der Waals surface area contributed by atoms with E-state index in [-0.39, 0.29) is 12.5 Å². The molecule has 0 aromatic carbocycles. The lowest BCUT2D eigenvalue weighted by Gasteiger charge is -2.33. The summed E-state index contributed by atoms with van der Waals surface area (Å²) in [5.41, 5.74) is 0. The maximum atomic E-state index is 11.9. The summed E-state index contributed by atoms with van der Waals surface area (Å²) >= 11 is 0. The summed E-state index contributed by atoms with van der Waals surface area (Å²) in [5, 5.41) is 6.81. The van der Waals surface area contributed by atoms with Gasteiger partial charge < -0.3 is 25.2 Å². The largest absolute Gasteiger partial charge is 0.379 e. The number of likely N-dealkylation sites (N-methyl/N-ethyl adjacent to an activating group) is 1. The maximum Gasteiger partial charge on any atom is 0.243 e. The standard InChI is InChI=1S/C21H42N6O2/c1-19-8-4-5-12-27(19)13-7-10-23-21(24-18-20(28)25(2)3)22-9-6-11-26-14-16-29-17-15-26/h19H,4-18H2,1-3H3,(H2,22,23,24). The van der Waals surface area contributed by atoms with E-state index in [1.807, 2.05) is 0 Å². The molecule has 0 aliphatic carbocycles. The molecule has 168 valence electrons. The van der Waals surface area contributed by atoms with Crippen molar-refractivity contribution >= 4 is 11.9 Å². The molecule has 0 aromatic rings. The van der Waals surface area contributed by atoms with E-state index < -0.39 is 0 Å². The van der Waals surface area contributed by atoms with Crippen LogP contribution in [0.15, 0.2) is 4.99 Å². The van der Waals surface area contributed by atoms with Gasteiger partial charge in [0.05, 0.1) is 13.2 Å². The first kappa shape index (κ1) is 23.9. The maximum absolute atomic E-state index is 11.9. The highest BCUT2D eigenvalue weighted by Crippen LogP contribution is 2.15. The van der Waals surface area contributed by atoms with Crippen molar-refractivity contribution in [2.45, 2.75) is 45.1 Å². The SMILES string of the molecule is CC1CCCCN1CCCNC(=NCC(=O)N(C)C)NCCCN1CCOCC1. The van der Waals surface area contributed by atoms with E-state index in [0.29, 0.717) is 6.04 Å². The average molecular weight is 411 g/mol. The second kappa shape index (κ2) is 13.8. The molecule has 2 aliphatic rings. The predicted octanol–water partition coefficient (Wildman–Crippen LogP) is 0.597. The molecule has 1 amide bonds. The Morgan fingerprint density at radius 3 is 2.41 bits per heavy atom. The van der Waals surface area contributed by atoms with Crippen molar-refractivity contribution in [3.63, 3.8) is 0 Å². The molecular weight excluding hydrogens is 368 g/mol. The first-order chi connectivity index (χ1) is 14.1. The number of ether oxygens (including phenoxy) is 1. The first-order valence-electron chi connectivity index (χ1n) is 11.3. The van der Waals surface area contributed by atoms with Crippen LogP contribution in [0.25, 0.3) is 0 Å². The van der Waals surface area contributed by atoms with E-state index in [9.17, 15) is 4.79 Å². The molecule has 2 fully saturated rings. The summed E-state index contributed by atoms with van der Waals surface area (Å²) < 4.78 is 5.40. The van der Waals surface area contributed by atoms with Gasteiger partial charge in [0.25, 0.3) is 0 Å². The first-order valence-corrected chi connectivity index (χ1v) is 11.3. The zero-order valence-corrected chi connectivity index (χ0v) is 18.8. The van der Waals surface area contributed by atoms with Crippen LogP contribution < -0.4 is 10.6 Å². The number of hydrogen-bond acceptors (Lipinski definition) is 5. The topological polar surface area (TPSA) is 72.4 Å². The lowest BCUT2D eigenvalue weighted by atomic mass is 10.0. The van der Waals surface area contributed by atoms with E-state index in [4.69, 9.17) is 4.74 Å². The minimum atomic E-state index is 0.0153. The van der Waals surface area contributed by atoms with Crippen LogP contribution in [0.3, 0.4) is 0 Å². The Bertz CT molecular complexity index is 494. The average Bonchev–Trinajstić information content (AvgIpc) is 2.73. The highest BCUT2D eigenvalue weighted by Gasteiger charge is 2.17. The number of carbonyl (C=O) groups excluding carboxylic acids is 1. The summed E-state index contributed by atoms with van der Waals surface area (Å²) in [6.45, 7) is 11.3. The third kappa shape index (κ3) is 9.78. The van der Waals surface area contributed by atoms with Gasteiger partial charge in [0.1, 0.15) is 6.54 Å². The number of guanidine groups is 1. The molecule has 1 unspecified atom stereocenters. The van der Waals surface area contributed by atoms with Gasteiger partial charge in [-0.05, 0) is 45.7 Å². The quantitative estimate of drug-likeness (QED) is 0.312. The van der Waals surface area contributed by atoms with Gasteiger partial charge in [0, 0.05) is 52.9 Å². The number of rotatable bonds is 10. The second-order valence-corrected chi connectivity index (χ2v) is 8.35. The van der Waals surface area contributed by atoms with Gasteiger partial charge in [-0.15, -0.1) is 0 Å². The summed E-state index contributed by atoms with van der Waals surface area (Å²) in [6.07, 6.45) is 6.13. The number of hydrogen-bond donors (Lipinski definition) is 2. The van der Waals surface area contributed by atoms with Gasteiger partial charge in [-0.3, -0.25) is 9.69 Å². The monoisotopic (exact) mass is 410 g/mol. The molecule has 0 saturated carbocycles. The minimum Gasteiger partial charge on any atom is -0.379 e. The van der Waals surface area contributed by atoms with Gasteiger partial charge in [0.15, 0.2) is 5.96 Å². The number of amides is 1. The molecule has 2 rings (SSSR count). The molecule has 29 heavy (non-hydrogen) atoms. The number of nitrogens with zero attached hydrogens (tertiary/aromatic N) is 4. The van der Waals surface area contributed by atoms with E-state index in [2.05, 4.69) is 32.3 Å². The van der Waals surface area contributed by atoms with Crippen LogP contribution in [0.2, 0.25) is 0 Å². The molecule has 2 aliphatic heterocycles. The fourth-order valence-corrected chi connectivity index (χ4v) is 3.78. The summed E-state index contributed by atoms with van der Waals surface area (Å²) in [6, 6.07) is 0.702. The van der Waals surface area contributed by atoms with Crippen LogP contribution in [0.5, 0.6) is 0 Å². The van der Waals surface area contributed by atoms with E-state index in [0.717, 1.165) is 71.3 Å². The molecule has 2 saturated heterocycles. The van der Waals surface area contributed by atoms with Crippen LogP contribution >= 0.6 is 0 Å². The van der Waals surface area contributed by atoms with Gasteiger partial charge in [-0.1, -0.05) is 6.42 Å². The van der Waals surface area contributed by atoms with Crippen molar-refractivity contribution in [1.29, 1.82) is 0 Å². The Labute approximate surface area is 177 Å². The summed E-state index contributed by atoms with van der Waals surface area (Å²) in [7, 11) is 3.53. The van der Waals surface area contributed by atoms with Crippen molar-refractivity contribution < 1.29 is 9.53 Å². The molecule has 0 bridgehead atoms. The zero-order valence-electron chi connectivity index (χ0n) is 18.8. The van der Waals surface area contributed by atoms with Gasteiger partial charge >= 0.3 is 0 Å². The molecule has 8 nitrogen and oxygen atoms in total. The Kier molecular flexibility index (Phi) is 11.3. The van der Waals surface area contributed by atoms with Crippen LogP contribution in [-0.4, -0.2) is 112 Å². The Balaban J connectivity index is 1.69. The van der Waals surface area contributed by atoms with Crippen LogP contribution in [0.4, 0.5) is 0 Å².